The lowest BCUT2D eigenvalue weighted by molar-refractivity contribution is -0.139. The van der Waals surface area contributed by atoms with Crippen LogP contribution in [0.3, 0.4) is 0 Å². The Balaban J connectivity index is 2.24. The molecule has 1 aromatic heterocycles. The van der Waals surface area contributed by atoms with Crippen molar-refractivity contribution < 1.29 is 13.9 Å². The van der Waals surface area contributed by atoms with Crippen molar-refractivity contribution in [3.63, 3.8) is 0 Å². The number of esters is 1. The average Bonchev–Trinajstić information content (AvgIpc) is 2.51. The molecule has 0 radical (unpaired) electrons. The Bertz CT molecular complexity index is 280. The fourth-order valence-electron chi connectivity index (χ4n) is 0.940. The molecule has 72 valence electrons. The summed E-state index contributed by atoms with van der Waals surface area (Å²) in [7, 11) is 1.36. The van der Waals surface area contributed by atoms with E-state index in [2.05, 4.69) is 10.1 Å². The predicted octanol–water partition coefficient (Wildman–Crippen LogP) is 0.851. The van der Waals surface area contributed by atoms with Gasteiger partial charge in [0, 0.05) is 0 Å². The van der Waals surface area contributed by atoms with Crippen LogP contribution in [0.5, 0.6) is 0 Å². The Labute approximate surface area is 76.9 Å². The van der Waals surface area contributed by atoms with Crippen molar-refractivity contribution in [1.82, 2.24) is 5.32 Å². The summed E-state index contributed by atoms with van der Waals surface area (Å²) in [5, 5.41) is 2.90. The smallest absolute Gasteiger partial charge is 0.319 e. The number of hydrogen-bond donors (Lipinski definition) is 1. The van der Waals surface area contributed by atoms with Crippen molar-refractivity contribution in [3.8, 4) is 0 Å². The minimum absolute atomic E-state index is 0.205. The maximum absolute atomic E-state index is 10.7. The highest BCUT2D eigenvalue weighted by Crippen LogP contribution is 2.04. The molecule has 0 aliphatic rings. The Morgan fingerprint density at radius 2 is 2.38 bits per heavy atom. The maximum Gasteiger partial charge on any atom is 0.319 e. The topological polar surface area (TPSA) is 51.5 Å². The molecule has 1 heterocycles. The quantitative estimate of drug-likeness (QED) is 0.703. The Kier molecular flexibility index (Phi) is 3.52. The van der Waals surface area contributed by atoms with Gasteiger partial charge >= 0.3 is 5.97 Å². The monoisotopic (exact) mass is 183 g/mol. The van der Waals surface area contributed by atoms with E-state index >= 15 is 0 Å². The summed E-state index contributed by atoms with van der Waals surface area (Å²) in [5.74, 6) is 1.42. The van der Waals surface area contributed by atoms with Crippen molar-refractivity contribution in [3.05, 3.63) is 23.7 Å². The van der Waals surface area contributed by atoms with Crippen LogP contribution >= 0.6 is 0 Å². The number of nitrogens with one attached hydrogen (secondary N) is 1. The second-order valence-electron chi connectivity index (χ2n) is 2.69. The molecule has 0 atom stereocenters. The Morgan fingerprint density at radius 3 is 2.92 bits per heavy atom. The number of methoxy groups -OCH3 is 1. The molecule has 4 heteroatoms. The molecular formula is C9H13NO3. The molecule has 0 saturated heterocycles. The third-order valence-corrected chi connectivity index (χ3v) is 1.59. The van der Waals surface area contributed by atoms with Crippen LogP contribution in [0.25, 0.3) is 0 Å². The van der Waals surface area contributed by atoms with Crippen LogP contribution in [0, 0.1) is 6.92 Å². The molecule has 1 rings (SSSR count). The Morgan fingerprint density at radius 1 is 1.62 bits per heavy atom. The van der Waals surface area contributed by atoms with Gasteiger partial charge in [-0.1, -0.05) is 0 Å². The van der Waals surface area contributed by atoms with E-state index in [1.165, 1.54) is 7.11 Å². The molecule has 1 aromatic rings. The van der Waals surface area contributed by atoms with Crippen LogP contribution in [0.1, 0.15) is 11.5 Å². The summed E-state index contributed by atoms with van der Waals surface area (Å²) >= 11 is 0. The van der Waals surface area contributed by atoms with Gasteiger partial charge in [0.15, 0.2) is 0 Å². The second-order valence-corrected chi connectivity index (χ2v) is 2.69. The van der Waals surface area contributed by atoms with Crippen LogP contribution in [0.2, 0.25) is 0 Å². The lowest BCUT2D eigenvalue weighted by Gasteiger charge is -1.99. The molecule has 0 amide bonds. The third kappa shape index (κ3) is 3.29. The standard InChI is InChI=1S/C9H13NO3/c1-7-3-4-8(13-7)5-10-6-9(11)12-2/h3-4,10H,5-6H2,1-2H3. The summed E-state index contributed by atoms with van der Waals surface area (Å²) in [6.45, 7) is 2.63. The first kappa shape index (κ1) is 9.80. The van der Waals surface area contributed by atoms with Crippen LogP contribution < -0.4 is 5.32 Å². The fraction of sp³-hybridized carbons (Fsp3) is 0.444. The van der Waals surface area contributed by atoms with Gasteiger partial charge in [-0.25, -0.2) is 0 Å². The third-order valence-electron chi connectivity index (χ3n) is 1.59. The van der Waals surface area contributed by atoms with E-state index in [0.29, 0.717) is 6.54 Å². The zero-order valence-corrected chi connectivity index (χ0v) is 7.79. The number of aryl methyl sites for hydroxylation is 1. The molecule has 13 heavy (non-hydrogen) atoms. The molecule has 0 unspecified atom stereocenters. The first-order chi connectivity index (χ1) is 6.22. The normalized spacial score (nSPS) is 10.0. The minimum Gasteiger partial charge on any atom is -0.468 e. The lowest BCUT2D eigenvalue weighted by Crippen LogP contribution is -2.23. The van der Waals surface area contributed by atoms with Gasteiger partial charge in [0.25, 0.3) is 0 Å². The lowest BCUT2D eigenvalue weighted by atomic mass is 10.4. The van der Waals surface area contributed by atoms with Crippen molar-refractivity contribution in [2.24, 2.45) is 0 Å². The highest BCUT2D eigenvalue weighted by atomic mass is 16.5. The van der Waals surface area contributed by atoms with E-state index in [1.807, 2.05) is 19.1 Å². The first-order valence-electron chi connectivity index (χ1n) is 4.05. The summed E-state index contributed by atoms with van der Waals surface area (Å²) < 4.78 is 9.75. The summed E-state index contributed by atoms with van der Waals surface area (Å²) in [5.41, 5.74) is 0. The van der Waals surface area contributed by atoms with Gasteiger partial charge in [-0.15, -0.1) is 0 Å². The fourth-order valence-corrected chi connectivity index (χ4v) is 0.940. The van der Waals surface area contributed by atoms with Crippen molar-refractivity contribution in [2.45, 2.75) is 13.5 Å². The van der Waals surface area contributed by atoms with Crippen molar-refractivity contribution in [2.75, 3.05) is 13.7 Å². The van der Waals surface area contributed by atoms with Crippen molar-refractivity contribution in [1.29, 1.82) is 0 Å². The minimum atomic E-state index is -0.275. The van der Waals surface area contributed by atoms with Crippen LogP contribution in [-0.4, -0.2) is 19.6 Å². The number of carbonyl (C=O) groups excluding carboxylic acids is 1. The highest BCUT2D eigenvalue weighted by Gasteiger charge is 2.01. The van der Waals surface area contributed by atoms with Gasteiger partial charge in [0.2, 0.25) is 0 Å². The largest absolute Gasteiger partial charge is 0.468 e. The zero-order chi connectivity index (χ0) is 9.68. The van der Waals surface area contributed by atoms with E-state index in [-0.39, 0.29) is 12.5 Å². The van der Waals surface area contributed by atoms with Gasteiger partial charge in [0.1, 0.15) is 11.5 Å². The Hall–Kier alpha value is -1.29. The molecule has 0 aliphatic heterocycles. The summed E-state index contributed by atoms with van der Waals surface area (Å²) in [6.07, 6.45) is 0. The van der Waals surface area contributed by atoms with Gasteiger partial charge in [-0.3, -0.25) is 10.1 Å². The molecule has 0 saturated carbocycles. The van der Waals surface area contributed by atoms with Crippen LogP contribution in [0.15, 0.2) is 16.5 Å². The zero-order valence-electron chi connectivity index (χ0n) is 7.79. The second kappa shape index (κ2) is 4.67. The molecule has 1 N–H and O–H groups in total. The molecule has 0 fully saturated rings. The van der Waals surface area contributed by atoms with E-state index in [9.17, 15) is 4.79 Å². The summed E-state index contributed by atoms with van der Waals surface area (Å²) in [6, 6.07) is 3.76. The van der Waals surface area contributed by atoms with Crippen LogP contribution in [0.4, 0.5) is 0 Å². The molecule has 0 aliphatic carbocycles. The number of rotatable bonds is 4. The van der Waals surface area contributed by atoms with Gasteiger partial charge in [-0.05, 0) is 19.1 Å². The van der Waals surface area contributed by atoms with Gasteiger partial charge < -0.3 is 9.15 Å². The van der Waals surface area contributed by atoms with Gasteiger partial charge in [0.05, 0.1) is 20.2 Å². The van der Waals surface area contributed by atoms with Crippen molar-refractivity contribution >= 4 is 5.97 Å². The van der Waals surface area contributed by atoms with E-state index < -0.39 is 0 Å². The number of ether oxygens (including phenoxy) is 1. The van der Waals surface area contributed by atoms with Gasteiger partial charge in [-0.2, -0.15) is 0 Å². The molecule has 0 spiro atoms. The van der Waals surface area contributed by atoms with E-state index in [4.69, 9.17) is 4.42 Å². The number of furan rings is 1. The molecule has 0 aromatic carbocycles. The number of hydrogen-bond acceptors (Lipinski definition) is 4. The van der Waals surface area contributed by atoms with E-state index in [0.717, 1.165) is 11.5 Å². The molecule has 4 nitrogen and oxygen atoms in total. The maximum atomic E-state index is 10.7. The molecule has 0 bridgehead atoms. The average molecular weight is 183 g/mol. The first-order valence-corrected chi connectivity index (χ1v) is 4.05. The highest BCUT2D eigenvalue weighted by molar-refractivity contribution is 5.71. The predicted molar refractivity (Wildman–Crippen MR) is 47.2 cm³/mol. The number of carbonyl (C=O) groups is 1. The SMILES string of the molecule is COC(=O)CNCc1ccc(C)o1. The molecular weight excluding hydrogens is 170 g/mol. The van der Waals surface area contributed by atoms with E-state index in [1.54, 1.807) is 0 Å². The van der Waals surface area contributed by atoms with Crippen LogP contribution in [-0.2, 0) is 16.1 Å². The summed E-state index contributed by atoms with van der Waals surface area (Å²) in [4.78, 5) is 10.7.